The zero-order valence-electron chi connectivity index (χ0n) is 21.4. The van der Waals surface area contributed by atoms with Crippen LogP contribution in [0.2, 0.25) is 0 Å². The molecule has 2 aromatic heterocycles. The maximum atomic E-state index is 13.1. The van der Waals surface area contributed by atoms with Crippen LogP contribution >= 0.6 is 0 Å². The summed E-state index contributed by atoms with van der Waals surface area (Å²) in [6, 6.07) is 11.0. The van der Waals surface area contributed by atoms with E-state index < -0.39 is 5.60 Å². The van der Waals surface area contributed by atoms with E-state index in [-0.39, 0.29) is 18.1 Å². The van der Waals surface area contributed by atoms with Crippen LogP contribution in [0.15, 0.2) is 36.4 Å². The third-order valence-electron chi connectivity index (χ3n) is 7.42. The van der Waals surface area contributed by atoms with Crippen LogP contribution in [0.3, 0.4) is 0 Å². The Bertz CT molecular complexity index is 1260. The van der Waals surface area contributed by atoms with Crippen LogP contribution in [-0.4, -0.2) is 62.5 Å². The monoisotopic (exact) mass is 489 g/mol. The number of hydrogen-bond donors (Lipinski definition) is 1. The Kier molecular flexibility index (Phi) is 6.55. The van der Waals surface area contributed by atoms with Crippen LogP contribution in [0.1, 0.15) is 66.8 Å². The average molecular weight is 490 g/mol. The number of aromatic nitrogens is 3. The van der Waals surface area contributed by atoms with E-state index in [0.29, 0.717) is 17.2 Å². The fraction of sp³-hybridized carbons (Fsp3) is 0.500. The molecule has 1 amide bonds. The first-order valence-electron chi connectivity index (χ1n) is 13.0. The van der Waals surface area contributed by atoms with Gasteiger partial charge in [0.05, 0.1) is 23.4 Å². The molecule has 2 fully saturated rings. The van der Waals surface area contributed by atoms with Gasteiger partial charge in [-0.15, -0.1) is 0 Å². The molecule has 5 rings (SSSR count). The lowest BCUT2D eigenvalue weighted by molar-refractivity contribution is -0.135. The molecule has 8 nitrogen and oxygen atoms in total. The van der Waals surface area contributed by atoms with E-state index in [1.807, 2.05) is 28.5 Å². The summed E-state index contributed by atoms with van der Waals surface area (Å²) in [5.41, 5.74) is 2.70. The molecule has 0 unspecified atom stereocenters. The summed E-state index contributed by atoms with van der Waals surface area (Å²) in [5.74, 6) is 1.29. The zero-order chi connectivity index (χ0) is 25.4. The zero-order valence-corrected chi connectivity index (χ0v) is 21.4. The minimum Gasteiger partial charge on any atom is -0.386 e. The number of amides is 1. The topological polar surface area (TPSA) is 91.0 Å². The third-order valence-corrected chi connectivity index (χ3v) is 7.42. The molecule has 36 heavy (non-hydrogen) atoms. The number of nitrogens with zero attached hydrogens (tertiary/aromatic N) is 5. The molecule has 0 aliphatic carbocycles. The van der Waals surface area contributed by atoms with Crippen LogP contribution in [0.4, 0.5) is 5.82 Å². The van der Waals surface area contributed by atoms with Crippen molar-refractivity contribution in [2.24, 2.45) is 5.92 Å². The summed E-state index contributed by atoms with van der Waals surface area (Å²) < 4.78 is 1.85. The van der Waals surface area contributed by atoms with Gasteiger partial charge in [0.1, 0.15) is 5.82 Å². The van der Waals surface area contributed by atoms with E-state index in [4.69, 9.17) is 4.98 Å². The number of likely N-dealkylation sites (tertiary alicyclic amines) is 1. The van der Waals surface area contributed by atoms with E-state index in [1.165, 1.54) is 0 Å². The molecule has 2 aliphatic rings. The standard InChI is InChI=1S/C28H35N5O3/c1-19-16-25-29-23(17-24(34)20-6-8-22(9-7-20)28(2,3)36)18-26(33(25)30-19)31-14-10-21(11-15-31)27(35)32-12-4-5-13-32/h6-9,16,18,21,36H,4-5,10-15,17H2,1-3H3. The first-order valence-corrected chi connectivity index (χ1v) is 13.0. The van der Waals surface area contributed by atoms with E-state index >= 15 is 0 Å². The number of aliphatic hydroxyl groups is 1. The van der Waals surface area contributed by atoms with Crippen molar-refractivity contribution in [3.05, 3.63) is 58.9 Å². The van der Waals surface area contributed by atoms with Crippen molar-refractivity contribution in [1.82, 2.24) is 19.5 Å². The van der Waals surface area contributed by atoms with Crippen molar-refractivity contribution in [1.29, 1.82) is 0 Å². The summed E-state index contributed by atoms with van der Waals surface area (Å²) in [7, 11) is 0. The van der Waals surface area contributed by atoms with Gasteiger partial charge < -0.3 is 14.9 Å². The van der Waals surface area contributed by atoms with Gasteiger partial charge in [0, 0.05) is 49.8 Å². The maximum absolute atomic E-state index is 13.1. The van der Waals surface area contributed by atoms with E-state index in [9.17, 15) is 14.7 Å². The molecule has 0 bridgehead atoms. The summed E-state index contributed by atoms with van der Waals surface area (Å²) in [4.78, 5) is 35.0. The lowest BCUT2D eigenvalue weighted by atomic mass is 9.95. The second-order valence-electron chi connectivity index (χ2n) is 10.7. The number of aryl methyl sites for hydroxylation is 1. The Labute approximate surface area is 211 Å². The molecule has 0 spiro atoms. The predicted octanol–water partition coefficient (Wildman–Crippen LogP) is 3.53. The molecule has 4 heterocycles. The quantitative estimate of drug-likeness (QED) is 0.533. The Hall–Kier alpha value is -3.26. The fourth-order valence-corrected chi connectivity index (χ4v) is 5.32. The lowest BCUT2D eigenvalue weighted by Crippen LogP contribution is -2.42. The van der Waals surface area contributed by atoms with E-state index in [1.54, 1.807) is 38.1 Å². The fourth-order valence-electron chi connectivity index (χ4n) is 5.32. The Morgan fingerprint density at radius 1 is 1.03 bits per heavy atom. The number of hydrogen-bond acceptors (Lipinski definition) is 6. The maximum Gasteiger partial charge on any atom is 0.225 e. The van der Waals surface area contributed by atoms with Gasteiger partial charge in [0.2, 0.25) is 5.91 Å². The normalized spacial score (nSPS) is 17.2. The molecular formula is C28H35N5O3. The molecule has 3 aromatic rings. The van der Waals surface area contributed by atoms with Gasteiger partial charge in [-0.1, -0.05) is 24.3 Å². The predicted molar refractivity (Wildman–Crippen MR) is 138 cm³/mol. The highest BCUT2D eigenvalue weighted by molar-refractivity contribution is 5.97. The Morgan fingerprint density at radius 2 is 1.69 bits per heavy atom. The van der Waals surface area contributed by atoms with Crippen molar-refractivity contribution in [3.63, 3.8) is 0 Å². The number of carbonyl (C=O) groups excluding carboxylic acids is 2. The SMILES string of the molecule is Cc1cc2nc(CC(=O)c3ccc(C(C)(C)O)cc3)cc(N3CCC(C(=O)N4CCCC4)CC3)n2n1. The van der Waals surface area contributed by atoms with Crippen LogP contribution in [0.25, 0.3) is 5.65 Å². The molecule has 1 N–H and O–H groups in total. The van der Waals surface area contributed by atoms with Crippen molar-refractivity contribution in [2.45, 2.75) is 58.5 Å². The highest BCUT2D eigenvalue weighted by atomic mass is 16.3. The summed E-state index contributed by atoms with van der Waals surface area (Å²) in [6.07, 6.45) is 4.05. The van der Waals surface area contributed by atoms with Gasteiger partial charge >= 0.3 is 0 Å². The average Bonchev–Trinajstić information content (AvgIpc) is 3.52. The Morgan fingerprint density at radius 3 is 2.33 bits per heavy atom. The lowest BCUT2D eigenvalue weighted by Gasteiger charge is -2.34. The number of benzene rings is 1. The second-order valence-corrected chi connectivity index (χ2v) is 10.7. The van der Waals surface area contributed by atoms with Crippen LogP contribution < -0.4 is 4.90 Å². The van der Waals surface area contributed by atoms with Crippen LogP contribution in [0.5, 0.6) is 0 Å². The van der Waals surface area contributed by atoms with Crippen LogP contribution in [0, 0.1) is 12.8 Å². The molecule has 0 atom stereocenters. The molecular weight excluding hydrogens is 454 g/mol. The highest BCUT2D eigenvalue weighted by Gasteiger charge is 2.31. The molecule has 2 saturated heterocycles. The molecule has 2 aliphatic heterocycles. The van der Waals surface area contributed by atoms with Crippen molar-refractivity contribution < 1.29 is 14.7 Å². The first kappa shape index (κ1) is 24.4. The van der Waals surface area contributed by atoms with Gasteiger partial charge in [-0.05, 0) is 52.0 Å². The van der Waals surface area contributed by atoms with E-state index in [0.717, 1.165) is 74.6 Å². The summed E-state index contributed by atoms with van der Waals surface area (Å²) in [5, 5.41) is 14.8. The van der Waals surface area contributed by atoms with Gasteiger partial charge in [-0.25, -0.2) is 4.98 Å². The minimum absolute atomic E-state index is 0.0220. The number of fused-ring (bicyclic) bond motifs is 1. The number of carbonyl (C=O) groups is 2. The molecule has 0 saturated carbocycles. The second kappa shape index (κ2) is 9.65. The summed E-state index contributed by atoms with van der Waals surface area (Å²) in [6.45, 7) is 8.73. The van der Waals surface area contributed by atoms with Gasteiger partial charge in [0.15, 0.2) is 11.4 Å². The molecule has 1 aromatic carbocycles. The van der Waals surface area contributed by atoms with E-state index in [2.05, 4.69) is 10.00 Å². The summed E-state index contributed by atoms with van der Waals surface area (Å²) >= 11 is 0. The number of anilines is 1. The van der Waals surface area contributed by atoms with Gasteiger partial charge in [0.25, 0.3) is 0 Å². The largest absolute Gasteiger partial charge is 0.386 e. The van der Waals surface area contributed by atoms with Gasteiger partial charge in [-0.3, -0.25) is 9.59 Å². The first-order chi connectivity index (χ1) is 17.2. The highest BCUT2D eigenvalue weighted by Crippen LogP contribution is 2.27. The Balaban J connectivity index is 1.34. The van der Waals surface area contributed by atoms with Crippen molar-refractivity contribution >= 4 is 23.2 Å². The number of rotatable bonds is 6. The van der Waals surface area contributed by atoms with Crippen molar-refractivity contribution in [3.8, 4) is 0 Å². The number of ketones is 1. The molecule has 8 heteroatoms. The smallest absolute Gasteiger partial charge is 0.225 e. The van der Waals surface area contributed by atoms with Crippen LogP contribution in [-0.2, 0) is 16.8 Å². The number of Topliss-reactive ketones (excluding diaryl/α,β-unsaturated/α-hetero) is 1. The molecule has 0 radical (unpaired) electrons. The van der Waals surface area contributed by atoms with Crippen molar-refractivity contribution in [2.75, 3.05) is 31.1 Å². The third kappa shape index (κ3) is 5.00. The minimum atomic E-state index is -0.949. The van der Waals surface area contributed by atoms with Gasteiger partial charge in [-0.2, -0.15) is 9.61 Å². The number of piperidine rings is 1. The molecule has 190 valence electrons.